The molecule has 0 bridgehead atoms. The van der Waals surface area contributed by atoms with Gasteiger partial charge in [0.1, 0.15) is 17.6 Å². The highest BCUT2D eigenvalue weighted by Crippen LogP contribution is 2.35. The first-order valence-electron chi connectivity index (χ1n) is 6.70. The van der Waals surface area contributed by atoms with Crippen molar-refractivity contribution in [2.45, 2.75) is 6.10 Å². The van der Waals surface area contributed by atoms with Crippen LogP contribution >= 0.6 is 0 Å². The normalized spacial score (nSPS) is 12.3. The Morgan fingerprint density at radius 1 is 1.00 bits per heavy atom. The van der Waals surface area contributed by atoms with E-state index in [1.807, 2.05) is 42.6 Å². The van der Waals surface area contributed by atoms with Crippen LogP contribution in [0.5, 0.6) is 11.5 Å². The van der Waals surface area contributed by atoms with Gasteiger partial charge in [0.15, 0.2) is 0 Å². The van der Waals surface area contributed by atoms with Crippen LogP contribution in [0.3, 0.4) is 0 Å². The van der Waals surface area contributed by atoms with E-state index in [9.17, 15) is 5.11 Å². The maximum absolute atomic E-state index is 10.7. The average molecular weight is 283 g/mol. The van der Waals surface area contributed by atoms with Gasteiger partial charge in [0.2, 0.25) is 0 Å². The maximum Gasteiger partial charge on any atom is 0.128 e. The number of aromatic nitrogens is 1. The second-order valence-corrected chi connectivity index (χ2v) is 4.80. The highest BCUT2D eigenvalue weighted by atomic mass is 16.5. The molecule has 0 aliphatic rings. The number of rotatable bonds is 4. The summed E-state index contributed by atoms with van der Waals surface area (Å²) in [5, 5.41) is 11.8. The van der Waals surface area contributed by atoms with E-state index in [1.54, 1.807) is 20.3 Å². The zero-order chi connectivity index (χ0) is 14.8. The summed E-state index contributed by atoms with van der Waals surface area (Å²) in [5.74, 6) is 1.30. The fourth-order valence-electron chi connectivity index (χ4n) is 2.56. The molecule has 0 aliphatic carbocycles. The van der Waals surface area contributed by atoms with Crippen molar-refractivity contribution in [3.63, 3.8) is 0 Å². The molecule has 2 aromatic carbocycles. The summed E-state index contributed by atoms with van der Waals surface area (Å²) in [6.07, 6.45) is 1.11. The number of benzene rings is 2. The van der Waals surface area contributed by atoms with E-state index in [2.05, 4.69) is 4.98 Å². The number of nitrogens with one attached hydrogen (secondary N) is 1. The molecule has 0 saturated carbocycles. The van der Waals surface area contributed by atoms with Crippen LogP contribution in [0.4, 0.5) is 0 Å². The number of hydrogen-bond donors (Lipinski definition) is 2. The molecule has 21 heavy (non-hydrogen) atoms. The smallest absolute Gasteiger partial charge is 0.128 e. The minimum Gasteiger partial charge on any atom is -0.497 e. The zero-order valence-electron chi connectivity index (χ0n) is 12.0. The number of hydrogen-bond acceptors (Lipinski definition) is 3. The summed E-state index contributed by atoms with van der Waals surface area (Å²) in [7, 11) is 3.19. The third kappa shape index (κ3) is 2.34. The van der Waals surface area contributed by atoms with Crippen LogP contribution in [0.1, 0.15) is 17.2 Å². The molecule has 108 valence electrons. The number of fused-ring (bicyclic) bond motifs is 1. The van der Waals surface area contributed by atoms with Gasteiger partial charge in [-0.15, -0.1) is 0 Å². The van der Waals surface area contributed by atoms with Crippen LogP contribution in [0.15, 0.2) is 48.7 Å². The van der Waals surface area contributed by atoms with Gasteiger partial charge in [0, 0.05) is 28.7 Å². The number of methoxy groups -OCH3 is 2. The summed E-state index contributed by atoms with van der Waals surface area (Å²) in [5.41, 5.74) is 2.56. The van der Waals surface area contributed by atoms with Gasteiger partial charge >= 0.3 is 0 Å². The van der Waals surface area contributed by atoms with Gasteiger partial charge < -0.3 is 19.6 Å². The third-order valence-electron chi connectivity index (χ3n) is 3.66. The van der Waals surface area contributed by atoms with E-state index < -0.39 is 6.10 Å². The van der Waals surface area contributed by atoms with Crippen LogP contribution < -0.4 is 9.47 Å². The van der Waals surface area contributed by atoms with E-state index >= 15 is 0 Å². The van der Waals surface area contributed by atoms with Crippen LogP contribution in [0, 0.1) is 0 Å². The molecule has 4 nitrogen and oxygen atoms in total. The Kier molecular flexibility index (Phi) is 3.54. The van der Waals surface area contributed by atoms with Crippen molar-refractivity contribution in [3.8, 4) is 11.5 Å². The first-order chi connectivity index (χ1) is 10.2. The minimum atomic E-state index is -0.759. The third-order valence-corrected chi connectivity index (χ3v) is 3.66. The fraction of sp³-hybridized carbons (Fsp3) is 0.176. The number of aliphatic hydroxyl groups excluding tert-OH is 1. The van der Waals surface area contributed by atoms with Crippen molar-refractivity contribution in [1.82, 2.24) is 4.98 Å². The van der Waals surface area contributed by atoms with Crippen molar-refractivity contribution >= 4 is 10.9 Å². The minimum absolute atomic E-state index is 0.606. The van der Waals surface area contributed by atoms with E-state index in [0.717, 1.165) is 16.5 Å². The van der Waals surface area contributed by atoms with Crippen molar-refractivity contribution in [2.24, 2.45) is 0 Å². The lowest BCUT2D eigenvalue weighted by Gasteiger charge is -2.17. The monoisotopic (exact) mass is 283 g/mol. The number of aliphatic hydroxyl groups is 1. The molecule has 3 rings (SSSR count). The molecule has 4 heteroatoms. The number of ether oxygens (including phenoxy) is 2. The molecule has 0 spiro atoms. The Morgan fingerprint density at radius 2 is 1.86 bits per heavy atom. The summed E-state index contributed by atoms with van der Waals surface area (Å²) in [6, 6.07) is 13.2. The van der Waals surface area contributed by atoms with Gasteiger partial charge in [0.25, 0.3) is 0 Å². The lowest BCUT2D eigenvalue weighted by molar-refractivity contribution is 0.216. The lowest BCUT2D eigenvalue weighted by Crippen LogP contribution is -2.03. The number of H-pyrrole nitrogens is 1. The Balaban J connectivity index is 2.09. The molecule has 0 amide bonds. The summed E-state index contributed by atoms with van der Waals surface area (Å²) in [4.78, 5) is 3.15. The van der Waals surface area contributed by atoms with Crippen molar-refractivity contribution in [3.05, 3.63) is 59.8 Å². The quantitative estimate of drug-likeness (QED) is 0.772. The highest BCUT2D eigenvalue weighted by Gasteiger charge is 2.18. The first kappa shape index (κ1) is 13.5. The van der Waals surface area contributed by atoms with Crippen LogP contribution in [0.25, 0.3) is 10.9 Å². The SMILES string of the molecule is COc1ccc(C(O)c2cccc3[nH]ccc23)c(OC)c1. The second-order valence-electron chi connectivity index (χ2n) is 4.80. The summed E-state index contributed by atoms with van der Waals surface area (Å²) < 4.78 is 10.6. The fourth-order valence-corrected chi connectivity index (χ4v) is 2.56. The summed E-state index contributed by atoms with van der Waals surface area (Å²) in [6.45, 7) is 0. The molecule has 1 atom stereocenters. The van der Waals surface area contributed by atoms with E-state index in [4.69, 9.17) is 9.47 Å². The molecule has 0 aliphatic heterocycles. The van der Waals surface area contributed by atoms with Crippen LogP contribution in [-0.4, -0.2) is 24.3 Å². The van der Waals surface area contributed by atoms with Gasteiger partial charge in [-0.05, 0) is 29.8 Å². The molecular weight excluding hydrogens is 266 g/mol. The molecular formula is C17H17NO3. The van der Waals surface area contributed by atoms with Gasteiger partial charge in [-0.2, -0.15) is 0 Å². The van der Waals surface area contributed by atoms with Gasteiger partial charge in [-0.1, -0.05) is 12.1 Å². The predicted octanol–water partition coefficient (Wildman–Crippen LogP) is 3.27. The zero-order valence-corrected chi connectivity index (χ0v) is 12.0. The lowest BCUT2D eigenvalue weighted by atomic mass is 9.97. The molecule has 3 aromatic rings. The van der Waals surface area contributed by atoms with Gasteiger partial charge in [-0.3, -0.25) is 0 Å². The molecule has 0 radical (unpaired) electrons. The largest absolute Gasteiger partial charge is 0.497 e. The van der Waals surface area contributed by atoms with Gasteiger partial charge in [-0.25, -0.2) is 0 Å². The second kappa shape index (κ2) is 5.50. The molecule has 1 unspecified atom stereocenters. The van der Waals surface area contributed by atoms with Crippen LogP contribution in [-0.2, 0) is 0 Å². The molecule has 0 fully saturated rings. The Bertz CT molecular complexity index is 764. The summed E-state index contributed by atoms with van der Waals surface area (Å²) >= 11 is 0. The molecule has 1 heterocycles. The standard InChI is InChI=1S/C17H17NO3/c1-20-11-6-7-14(16(10-11)21-2)17(19)13-4-3-5-15-12(13)8-9-18-15/h3-10,17-19H,1-2H3. The molecule has 0 saturated heterocycles. The Hall–Kier alpha value is -2.46. The van der Waals surface area contributed by atoms with Crippen molar-refractivity contribution < 1.29 is 14.6 Å². The van der Waals surface area contributed by atoms with E-state index in [1.165, 1.54) is 0 Å². The number of aromatic amines is 1. The van der Waals surface area contributed by atoms with E-state index in [0.29, 0.717) is 17.1 Å². The predicted molar refractivity (Wildman–Crippen MR) is 81.9 cm³/mol. The molecule has 1 aromatic heterocycles. The average Bonchev–Trinajstić information content (AvgIpc) is 3.02. The Labute approximate surface area is 122 Å². The van der Waals surface area contributed by atoms with Crippen molar-refractivity contribution in [2.75, 3.05) is 14.2 Å². The van der Waals surface area contributed by atoms with Crippen molar-refractivity contribution in [1.29, 1.82) is 0 Å². The van der Waals surface area contributed by atoms with Crippen LogP contribution in [0.2, 0.25) is 0 Å². The maximum atomic E-state index is 10.7. The van der Waals surface area contributed by atoms with E-state index in [-0.39, 0.29) is 0 Å². The Morgan fingerprint density at radius 3 is 2.62 bits per heavy atom. The molecule has 2 N–H and O–H groups in total. The highest BCUT2D eigenvalue weighted by molar-refractivity contribution is 5.83. The van der Waals surface area contributed by atoms with Gasteiger partial charge in [0.05, 0.1) is 14.2 Å². The first-order valence-corrected chi connectivity index (χ1v) is 6.70. The topological polar surface area (TPSA) is 54.5 Å².